The highest BCUT2D eigenvalue weighted by atomic mass is 16.5. The van der Waals surface area contributed by atoms with Gasteiger partial charge in [-0.2, -0.15) is 0 Å². The molecule has 0 bridgehead atoms. The summed E-state index contributed by atoms with van der Waals surface area (Å²) in [6.07, 6.45) is 5.91. The topological polar surface area (TPSA) is 55.5 Å². The quantitative estimate of drug-likeness (QED) is 0.813. The highest BCUT2D eigenvalue weighted by Crippen LogP contribution is 2.30. The van der Waals surface area contributed by atoms with Crippen molar-refractivity contribution < 1.29 is 9.84 Å². The molecule has 0 amide bonds. The Kier molecular flexibility index (Phi) is 4.61. The number of ether oxygens (including phenoxy) is 1. The third kappa shape index (κ3) is 3.72. The van der Waals surface area contributed by atoms with E-state index < -0.39 is 5.60 Å². The maximum Gasteiger partial charge on any atom is 0.119 e. The van der Waals surface area contributed by atoms with E-state index in [9.17, 15) is 5.11 Å². The lowest BCUT2D eigenvalue weighted by Gasteiger charge is -2.22. The smallest absolute Gasteiger partial charge is 0.119 e. The van der Waals surface area contributed by atoms with E-state index >= 15 is 0 Å². The van der Waals surface area contributed by atoms with Gasteiger partial charge in [-0.05, 0) is 49.9 Å². The van der Waals surface area contributed by atoms with E-state index in [0.717, 1.165) is 44.3 Å². The Morgan fingerprint density at radius 3 is 2.78 bits per heavy atom. The van der Waals surface area contributed by atoms with Crippen LogP contribution in [0.2, 0.25) is 0 Å². The third-order valence-electron chi connectivity index (χ3n) is 3.61. The molecule has 0 spiro atoms. The normalized spacial score (nSPS) is 17.9. The Morgan fingerprint density at radius 2 is 2.06 bits per heavy atom. The summed E-state index contributed by atoms with van der Waals surface area (Å²) < 4.78 is 5.73. The fourth-order valence-corrected chi connectivity index (χ4v) is 2.49. The van der Waals surface area contributed by atoms with Crippen LogP contribution in [0.15, 0.2) is 24.3 Å². The molecular formula is C15H23NO2. The molecule has 2 rings (SSSR count). The zero-order valence-corrected chi connectivity index (χ0v) is 10.9. The van der Waals surface area contributed by atoms with Gasteiger partial charge in [-0.1, -0.05) is 25.0 Å². The average molecular weight is 249 g/mol. The first-order valence-corrected chi connectivity index (χ1v) is 6.86. The van der Waals surface area contributed by atoms with Crippen molar-refractivity contribution in [3.05, 3.63) is 29.8 Å². The predicted molar refractivity (Wildman–Crippen MR) is 72.7 cm³/mol. The van der Waals surface area contributed by atoms with Crippen LogP contribution >= 0.6 is 0 Å². The van der Waals surface area contributed by atoms with Gasteiger partial charge in [-0.15, -0.1) is 0 Å². The largest absolute Gasteiger partial charge is 0.491 e. The van der Waals surface area contributed by atoms with Crippen molar-refractivity contribution in [2.24, 2.45) is 5.73 Å². The zero-order valence-electron chi connectivity index (χ0n) is 10.9. The molecule has 3 nitrogen and oxygen atoms in total. The average Bonchev–Trinajstić information content (AvgIpc) is 2.82. The zero-order chi connectivity index (χ0) is 12.8. The summed E-state index contributed by atoms with van der Waals surface area (Å²) in [5.74, 6) is 0.852. The van der Waals surface area contributed by atoms with Crippen LogP contribution in [0, 0.1) is 0 Å². The van der Waals surface area contributed by atoms with E-state index in [0.29, 0.717) is 13.2 Å². The van der Waals surface area contributed by atoms with Crippen LogP contribution in [0.4, 0.5) is 0 Å². The van der Waals surface area contributed by atoms with Crippen molar-refractivity contribution in [1.29, 1.82) is 0 Å². The molecule has 0 aromatic heterocycles. The fourth-order valence-electron chi connectivity index (χ4n) is 2.49. The van der Waals surface area contributed by atoms with E-state index in [1.165, 1.54) is 5.56 Å². The molecule has 1 aromatic rings. The van der Waals surface area contributed by atoms with E-state index in [1.54, 1.807) is 0 Å². The molecule has 1 fully saturated rings. The van der Waals surface area contributed by atoms with Gasteiger partial charge in [0.15, 0.2) is 0 Å². The van der Waals surface area contributed by atoms with Gasteiger partial charge in [-0.25, -0.2) is 0 Å². The molecule has 18 heavy (non-hydrogen) atoms. The summed E-state index contributed by atoms with van der Waals surface area (Å²) in [6, 6.07) is 8.09. The SMILES string of the molecule is NCCCc1cccc(OCC2(O)CCCC2)c1. The Morgan fingerprint density at radius 1 is 1.28 bits per heavy atom. The van der Waals surface area contributed by atoms with Crippen LogP contribution in [0.3, 0.4) is 0 Å². The van der Waals surface area contributed by atoms with Crippen molar-refractivity contribution in [3.63, 3.8) is 0 Å². The summed E-state index contributed by atoms with van der Waals surface area (Å²) in [7, 11) is 0. The number of hydrogen-bond acceptors (Lipinski definition) is 3. The number of aliphatic hydroxyl groups is 1. The second-order valence-electron chi connectivity index (χ2n) is 5.26. The third-order valence-corrected chi connectivity index (χ3v) is 3.61. The number of aryl methyl sites for hydroxylation is 1. The van der Waals surface area contributed by atoms with Gasteiger partial charge >= 0.3 is 0 Å². The van der Waals surface area contributed by atoms with Crippen LogP contribution in [-0.2, 0) is 6.42 Å². The lowest BCUT2D eigenvalue weighted by atomic mass is 10.0. The highest BCUT2D eigenvalue weighted by Gasteiger charge is 2.31. The van der Waals surface area contributed by atoms with E-state index in [2.05, 4.69) is 6.07 Å². The van der Waals surface area contributed by atoms with Crippen LogP contribution in [0.25, 0.3) is 0 Å². The predicted octanol–water partition coefficient (Wildman–Crippen LogP) is 2.26. The van der Waals surface area contributed by atoms with Gasteiger partial charge < -0.3 is 15.6 Å². The number of nitrogens with two attached hydrogens (primary N) is 1. The molecule has 0 saturated heterocycles. The Labute approximate surface area is 109 Å². The molecule has 1 aliphatic carbocycles. The van der Waals surface area contributed by atoms with Crippen LogP contribution in [-0.4, -0.2) is 23.9 Å². The summed E-state index contributed by atoms with van der Waals surface area (Å²) in [4.78, 5) is 0. The first-order chi connectivity index (χ1) is 8.72. The van der Waals surface area contributed by atoms with Crippen molar-refractivity contribution in [1.82, 2.24) is 0 Å². The van der Waals surface area contributed by atoms with Gasteiger partial charge in [0.05, 0.1) is 5.60 Å². The lowest BCUT2D eigenvalue weighted by Crippen LogP contribution is -2.32. The van der Waals surface area contributed by atoms with Gasteiger partial charge in [0, 0.05) is 0 Å². The summed E-state index contributed by atoms with van der Waals surface area (Å²) in [6.45, 7) is 1.12. The maximum atomic E-state index is 10.2. The molecule has 0 atom stereocenters. The van der Waals surface area contributed by atoms with Crippen molar-refractivity contribution in [3.8, 4) is 5.75 Å². The number of rotatable bonds is 6. The molecule has 1 saturated carbocycles. The summed E-state index contributed by atoms with van der Waals surface area (Å²) in [5, 5.41) is 10.2. The van der Waals surface area contributed by atoms with Gasteiger partial charge in [0.2, 0.25) is 0 Å². The van der Waals surface area contributed by atoms with Crippen molar-refractivity contribution >= 4 is 0 Å². The van der Waals surface area contributed by atoms with Crippen LogP contribution in [0.1, 0.15) is 37.7 Å². The van der Waals surface area contributed by atoms with Crippen LogP contribution in [0.5, 0.6) is 5.75 Å². The second kappa shape index (κ2) is 6.21. The second-order valence-corrected chi connectivity index (χ2v) is 5.26. The van der Waals surface area contributed by atoms with E-state index in [1.807, 2.05) is 18.2 Å². The molecule has 0 heterocycles. The monoisotopic (exact) mass is 249 g/mol. The van der Waals surface area contributed by atoms with Crippen LogP contribution < -0.4 is 10.5 Å². The highest BCUT2D eigenvalue weighted by molar-refractivity contribution is 5.28. The first kappa shape index (κ1) is 13.4. The molecule has 1 aliphatic rings. The van der Waals surface area contributed by atoms with Gasteiger partial charge in [0.25, 0.3) is 0 Å². The minimum absolute atomic E-state index is 0.410. The Balaban J connectivity index is 1.88. The molecular weight excluding hydrogens is 226 g/mol. The number of hydrogen-bond donors (Lipinski definition) is 2. The Hall–Kier alpha value is -1.06. The lowest BCUT2D eigenvalue weighted by molar-refractivity contribution is 0.00139. The molecule has 0 radical (unpaired) electrons. The van der Waals surface area contributed by atoms with Crippen molar-refractivity contribution in [2.45, 2.75) is 44.1 Å². The molecule has 0 aliphatic heterocycles. The molecule has 1 aromatic carbocycles. The van der Waals surface area contributed by atoms with E-state index in [-0.39, 0.29) is 0 Å². The maximum absolute atomic E-state index is 10.2. The first-order valence-electron chi connectivity index (χ1n) is 6.86. The Bertz CT molecular complexity index is 373. The number of benzene rings is 1. The fraction of sp³-hybridized carbons (Fsp3) is 0.600. The minimum atomic E-state index is -0.604. The van der Waals surface area contributed by atoms with Crippen molar-refractivity contribution in [2.75, 3.05) is 13.2 Å². The minimum Gasteiger partial charge on any atom is -0.491 e. The molecule has 0 unspecified atom stereocenters. The molecule has 100 valence electrons. The van der Waals surface area contributed by atoms with E-state index in [4.69, 9.17) is 10.5 Å². The molecule has 3 heteroatoms. The molecule has 3 N–H and O–H groups in total. The standard InChI is InChI=1S/C15H23NO2/c16-10-4-6-13-5-3-7-14(11-13)18-12-15(17)8-1-2-9-15/h3,5,7,11,17H,1-2,4,6,8-10,12,16H2. The van der Waals surface area contributed by atoms with Gasteiger partial charge in [0.1, 0.15) is 12.4 Å². The summed E-state index contributed by atoms with van der Waals surface area (Å²) in [5.41, 5.74) is 6.15. The van der Waals surface area contributed by atoms with Gasteiger partial charge in [-0.3, -0.25) is 0 Å². The summed E-state index contributed by atoms with van der Waals surface area (Å²) >= 11 is 0.